The van der Waals surface area contributed by atoms with Gasteiger partial charge in [0.1, 0.15) is 19.3 Å². The molecule has 0 heterocycles. The molecule has 0 bridgehead atoms. The van der Waals surface area contributed by atoms with Crippen molar-refractivity contribution >= 4 is 19.7 Å². The van der Waals surface area contributed by atoms with E-state index < -0.39 is 26.6 Å². The number of allylic oxidation sites excluding steroid dienone is 9. The maximum atomic E-state index is 13.4. The number of ether oxygens (including phenoxy) is 1. The molecule has 0 saturated heterocycles. The number of hydrogen-bond donors (Lipinski definition) is 1. The Balaban J connectivity index is 5.44. The molecule has 0 aromatic heterocycles. The van der Waals surface area contributed by atoms with Crippen molar-refractivity contribution in [3.63, 3.8) is 0 Å². The van der Waals surface area contributed by atoms with Crippen molar-refractivity contribution in [1.82, 2.24) is 5.32 Å². The van der Waals surface area contributed by atoms with Crippen LogP contribution in [0.4, 0.5) is 0 Å². The summed E-state index contributed by atoms with van der Waals surface area (Å²) in [5, 5.41) is 3.00. The molecule has 0 aliphatic rings. The number of esters is 1. The van der Waals surface area contributed by atoms with Crippen LogP contribution in [0, 0.1) is 0 Å². The van der Waals surface area contributed by atoms with Gasteiger partial charge in [0, 0.05) is 12.8 Å². The van der Waals surface area contributed by atoms with Gasteiger partial charge in [-0.1, -0.05) is 197 Å². The third kappa shape index (κ3) is 48.5. The van der Waals surface area contributed by atoms with Gasteiger partial charge in [-0.3, -0.25) is 14.2 Å². The van der Waals surface area contributed by atoms with E-state index in [-0.39, 0.29) is 24.9 Å². The monoisotopic (exact) mass is 961 g/mol. The first-order chi connectivity index (χ1) is 32.4. The van der Waals surface area contributed by atoms with Gasteiger partial charge in [-0.05, 0) is 89.5 Å². The van der Waals surface area contributed by atoms with Crippen molar-refractivity contribution in [2.45, 2.75) is 251 Å². The Morgan fingerprint density at radius 3 is 1.45 bits per heavy atom. The molecule has 0 aromatic rings. The summed E-state index contributed by atoms with van der Waals surface area (Å²) in [5.41, 5.74) is 0. The first-order valence-electron chi connectivity index (χ1n) is 27.6. The number of nitrogens with one attached hydrogen (secondary N) is 1. The third-order valence-corrected chi connectivity index (χ3v) is 12.9. The van der Waals surface area contributed by atoms with Crippen LogP contribution in [0.5, 0.6) is 0 Å². The van der Waals surface area contributed by atoms with E-state index in [0.717, 1.165) is 103 Å². The first kappa shape index (κ1) is 64.7. The van der Waals surface area contributed by atoms with Crippen LogP contribution in [-0.2, 0) is 27.9 Å². The number of rotatable bonds is 49. The number of carbonyl (C=O) groups excluding carboxylic acids is 2. The van der Waals surface area contributed by atoms with Crippen molar-refractivity contribution in [2.75, 3.05) is 40.9 Å². The van der Waals surface area contributed by atoms with Gasteiger partial charge in [0.15, 0.2) is 0 Å². The predicted octanol–water partition coefficient (Wildman–Crippen LogP) is 15.7. The van der Waals surface area contributed by atoms with E-state index in [0.29, 0.717) is 23.9 Å². The number of carbonyl (C=O) groups is 2. The van der Waals surface area contributed by atoms with Gasteiger partial charge in [0.25, 0.3) is 7.82 Å². The summed E-state index contributed by atoms with van der Waals surface area (Å²) >= 11 is 0. The van der Waals surface area contributed by atoms with Crippen LogP contribution in [0.25, 0.3) is 0 Å². The Labute approximate surface area is 413 Å². The standard InChI is InChI=1S/C57H105N2O7P/c1-7-10-13-16-19-22-25-27-28-29-30-32-35-38-41-44-47-50-57(61)66-55(48-45-42-39-36-34-31-26-23-20-17-14-11-8-2)54(53-65-67(62,63)64-52-51-59(4,5)6)58-56(60)49-46-43-40-37-33-24-21-18-15-12-9-3/h18-19,21-22,27-28,30,32,45,48,54-55H,7-17,20,23-26,29,31,33-44,46-47,49-53H2,1-6H3,(H-,58,60,62,63)/b21-18-,22-19-,28-27-,32-30-,48-45-. The molecule has 3 atom stereocenters. The van der Waals surface area contributed by atoms with Crippen molar-refractivity contribution in [2.24, 2.45) is 0 Å². The average molecular weight is 961 g/mol. The molecule has 1 N–H and O–H groups in total. The van der Waals surface area contributed by atoms with E-state index in [1.807, 2.05) is 33.3 Å². The molecular formula is C57H105N2O7P. The first-order valence-corrected chi connectivity index (χ1v) is 29.1. The number of likely N-dealkylation sites (N-methyl/N-ethyl adjacent to an activating group) is 1. The molecule has 9 nitrogen and oxygen atoms in total. The highest BCUT2D eigenvalue weighted by molar-refractivity contribution is 7.45. The fraction of sp³-hybridized carbons (Fsp3) is 0.789. The quantitative estimate of drug-likeness (QED) is 0.0212. The lowest BCUT2D eigenvalue weighted by Crippen LogP contribution is -2.47. The predicted molar refractivity (Wildman–Crippen MR) is 284 cm³/mol. The fourth-order valence-corrected chi connectivity index (χ4v) is 8.29. The highest BCUT2D eigenvalue weighted by Gasteiger charge is 2.27. The Morgan fingerprint density at radius 2 is 0.925 bits per heavy atom. The number of quaternary nitrogens is 1. The van der Waals surface area contributed by atoms with Crippen LogP contribution in [0.1, 0.15) is 239 Å². The summed E-state index contributed by atoms with van der Waals surface area (Å²) in [4.78, 5) is 39.7. The van der Waals surface area contributed by atoms with Crippen LogP contribution in [-0.4, -0.2) is 69.4 Å². The molecular weight excluding hydrogens is 856 g/mol. The van der Waals surface area contributed by atoms with Crippen LogP contribution in [0.3, 0.4) is 0 Å². The third-order valence-electron chi connectivity index (χ3n) is 11.9. The van der Waals surface area contributed by atoms with E-state index in [1.165, 1.54) is 96.3 Å². The number of nitrogens with zero attached hydrogens (tertiary/aromatic N) is 1. The van der Waals surface area contributed by atoms with Gasteiger partial charge in [0.05, 0.1) is 33.8 Å². The van der Waals surface area contributed by atoms with Crippen LogP contribution in [0.15, 0.2) is 60.8 Å². The lowest BCUT2D eigenvalue weighted by atomic mass is 10.0. The zero-order chi connectivity index (χ0) is 49.4. The second-order valence-electron chi connectivity index (χ2n) is 19.7. The summed E-state index contributed by atoms with van der Waals surface area (Å²) < 4.78 is 30.1. The van der Waals surface area contributed by atoms with Gasteiger partial charge in [0.2, 0.25) is 5.91 Å². The SMILES string of the molecule is CCCC/C=C\CCCCCCCC(=O)NC(COP(=O)([O-])OCC[N+](C)(C)C)C(/C=C\CCCCCCCCCCCCC)OC(=O)CCCCCC/C=C\C/C=C\C/C=C\CCCCC. The molecule has 3 unspecified atom stereocenters. The fourth-order valence-electron chi connectivity index (χ4n) is 7.57. The maximum absolute atomic E-state index is 13.4. The van der Waals surface area contributed by atoms with Gasteiger partial charge < -0.3 is 28.5 Å². The van der Waals surface area contributed by atoms with Crippen molar-refractivity contribution < 1.29 is 37.3 Å². The lowest BCUT2D eigenvalue weighted by Gasteiger charge is -2.30. The molecule has 0 fully saturated rings. The topological polar surface area (TPSA) is 114 Å². The minimum atomic E-state index is -4.70. The van der Waals surface area contributed by atoms with E-state index in [9.17, 15) is 19.0 Å². The number of phosphoric ester groups is 1. The molecule has 10 heteroatoms. The van der Waals surface area contributed by atoms with Crippen molar-refractivity contribution in [1.29, 1.82) is 0 Å². The maximum Gasteiger partial charge on any atom is 0.306 e. The minimum absolute atomic E-state index is 0.0290. The van der Waals surface area contributed by atoms with Gasteiger partial charge in [-0.25, -0.2) is 0 Å². The van der Waals surface area contributed by atoms with E-state index in [1.54, 1.807) is 0 Å². The molecule has 0 aliphatic heterocycles. The molecule has 0 spiro atoms. The molecule has 1 amide bonds. The summed E-state index contributed by atoms with van der Waals surface area (Å²) in [6.07, 6.45) is 57.5. The number of amides is 1. The molecule has 0 aromatic carbocycles. The van der Waals surface area contributed by atoms with E-state index >= 15 is 0 Å². The molecule has 0 saturated carbocycles. The van der Waals surface area contributed by atoms with Crippen LogP contribution in [0.2, 0.25) is 0 Å². The van der Waals surface area contributed by atoms with Crippen molar-refractivity contribution in [3.8, 4) is 0 Å². The van der Waals surface area contributed by atoms with E-state index in [4.69, 9.17) is 13.8 Å². The van der Waals surface area contributed by atoms with Gasteiger partial charge in [-0.2, -0.15) is 0 Å². The minimum Gasteiger partial charge on any atom is -0.756 e. The summed E-state index contributed by atoms with van der Waals surface area (Å²) in [7, 11) is 1.16. The van der Waals surface area contributed by atoms with Crippen LogP contribution >= 0.6 is 7.82 Å². The Kier molecular flexibility index (Phi) is 45.8. The van der Waals surface area contributed by atoms with Gasteiger partial charge >= 0.3 is 5.97 Å². The summed E-state index contributed by atoms with van der Waals surface area (Å²) in [5.74, 6) is -0.579. The normalized spacial score (nSPS) is 14.3. The Hall–Kier alpha value is -2.29. The average Bonchev–Trinajstić information content (AvgIpc) is 3.28. The zero-order valence-electron chi connectivity index (χ0n) is 44.3. The van der Waals surface area contributed by atoms with Crippen molar-refractivity contribution in [3.05, 3.63) is 60.8 Å². The molecule has 0 rings (SSSR count). The molecule has 390 valence electrons. The van der Waals surface area contributed by atoms with Gasteiger partial charge in [-0.15, -0.1) is 0 Å². The lowest BCUT2D eigenvalue weighted by molar-refractivity contribution is -0.870. The smallest absolute Gasteiger partial charge is 0.306 e. The second-order valence-corrected chi connectivity index (χ2v) is 21.1. The highest BCUT2D eigenvalue weighted by Crippen LogP contribution is 2.38. The number of phosphoric acid groups is 1. The second kappa shape index (κ2) is 47.4. The number of hydrogen-bond acceptors (Lipinski definition) is 7. The Morgan fingerprint density at radius 1 is 0.522 bits per heavy atom. The molecule has 0 aliphatic carbocycles. The summed E-state index contributed by atoms with van der Waals surface area (Å²) in [6, 6.07) is -0.901. The largest absolute Gasteiger partial charge is 0.756 e. The zero-order valence-corrected chi connectivity index (χ0v) is 45.2. The highest BCUT2D eigenvalue weighted by atomic mass is 31.2. The van der Waals surface area contributed by atoms with E-state index in [2.05, 4.69) is 74.7 Å². The number of unbranched alkanes of at least 4 members (excludes halogenated alkanes) is 25. The molecule has 67 heavy (non-hydrogen) atoms. The molecule has 0 radical (unpaired) electrons. The summed E-state index contributed by atoms with van der Waals surface area (Å²) in [6.45, 7) is 6.74. The Bertz CT molecular complexity index is 1340. The van der Waals surface area contributed by atoms with Crippen LogP contribution < -0.4 is 10.2 Å².